The Morgan fingerprint density at radius 3 is 2.66 bits per heavy atom. The molecule has 0 bridgehead atoms. The van der Waals surface area contributed by atoms with Crippen LogP contribution in [0.2, 0.25) is 0 Å². The molecule has 1 atom stereocenters. The minimum atomic E-state index is -0.384. The summed E-state index contributed by atoms with van der Waals surface area (Å²) in [5.74, 6) is 0.274. The van der Waals surface area contributed by atoms with Crippen LogP contribution in [0, 0.1) is 11.6 Å². The molecule has 2 aromatic heterocycles. The van der Waals surface area contributed by atoms with Gasteiger partial charge in [-0.15, -0.1) is 21.5 Å². The summed E-state index contributed by atoms with van der Waals surface area (Å²) < 4.78 is 29.8. The van der Waals surface area contributed by atoms with Gasteiger partial charge in [-0.1, -0.05) is 6.07 Å². The van der Waals surface area contributed by atoms with Crippen LogP contribution >= 0.6 is 11.3 Å². The van der Waals surface area contributed by atoms with Gasteiger partial charge >= 0.3 is 0 Å². The number of benzene rings is 2. The summed E-state index contributed by atoms with van der Waals surface area (Å²) >= 11 is 1.36. The monoisotopic (exact) mass is 411 g/mol. The highest BCUT2D eigenvalue weighted by Gasteiger charge is 2.32. The van der Waals surface area contributed by atoms with Crippen molar-refractivity contribution >= 4 is 27.5 Å². The van der Waals surface area contributed by atoms with E-state index in [9.17, 15) is 13.6 Å². The number of thiazole rings is 1. The van der Waals surface area contributed by atoms with Crippen LogP contribution in [0.1, 0.15) is 29.1 Å². The third-order valence-electron chi connectivity index (χ3n) is 5.10. The Hall–Kier alpha value is -3.20. The van der Waals surface area contributed by atoms with Gasteiger partial charge in [-0.2, -0.15) is 0 Å². The maximum absolute atomic E-state index is 14.0. The molecule has 29 heavy (non-hydrogen) atoms. The van der Waals surface area contributed by atoms with Crippen molar-refractivity contribution in [2.24, 2.45) is 0 Å². The zero-order chi connectivity index (χ0) is 20.1. The molecular formula is C20H15F2N5OS. The van der Waals surface area contributed by atoms with Gasteiger partial charge in [0.05, 0.1) is 10.7 Å². The van der Waals surface area contributed by atoms with Gasteiger partial charge in [0, 0.05) is 18.7 Å². The second kappa shape index (κ2) is 6.70. The first-order chi connectivity index (χ1) is 14.0. The van der Waals surface area contributed by atoms with E-state index in [0.29, 0.717) is 40.8 Å². The molecule has 1 amide bonds. The van der Waals surface area contributed by atoms with Gasteiger partial charge in [0.2, 0.25) is 0 Å². The number of nitrogens with zero attached hydrogens (tertiary/aromatic N) is 5. The minimum Gasteiger partial charge on any atom is -0.327 e. The van der Waals surface area contributed by atoms with Crippen LogP contribution in [0.25, 0.3) is 21.0 Å². The Bertz CT molecular complexity index is 1230. The smallest absolute Gasteiger partial charge is 0.254 e. The highest BCUT2D eigenvalue weighted by molar-refractivity contribution is 7.21. The Morgan fingerprint density at radius 2 is 1.90 bits per heavy atom. The molecule has 0 fully saturated rings. The molecule has 1 aliphatic heterocycles. The predicted octanol–water partition coefficient (Wildman–Crippen LogP) is 4.05. The number of aromatic nitrogens is 4. The second-order valence-corrected chi connectivity index (χ2v) is 7.85. The molecule has 9 heteroatoms. The first kappa shape index (κ1) is 17.9. The van der Waals surface area contributed by atoms with Crippen molar-refractivity contribution in [2.75, 3.05) is 6.54 Å². The average molecular weight is 411 g/mol. The van der Waals surface area contributed by atoms with Crippen molar-refractivity contribution in [3.05, 3.63) is 65.5 Å². The predicted molar refractivity (Wildman–Crippen MR) is 104 cm³/mol. The molecule has 146 valence electrons. The van der Waals surface area contributed by atoms with E-state index < -0.39 is 0 Å². The number of para-hydroxylation sites is 1. The lowest BCUT2D eigenvalue weighted by molar-refractivity contribution is 0.0638. The van der Waals surface area contributed by atoms with E-state index in [0.717, 1.165) is 4.70 Å². The minimum absolute atomic E-state index is 0.185. The van der Waals surface area contributed by atoms with Crippen LogP contribution in [0.5, 0.6) is 0 Å². The third-order valence-corrected chi connectivity index (χ3v) is 6.11. The molecule has 0 saturated carbocycles. The number of amides is 1. The Kier molecular flexibility index (Phi) is 4.13. The molecule has 0 spiro atoms. The summed E-state index contributed by atoms with van der Waals surface area (Å²) in [6, 6.07) is 10.0. The van der Waals surface area contributed by atoms with Crippen molar-refractivity contribution in [2.45, 2.75) is 19.5 Å². The van der Waals surface area contributed by atoms with Crippen molar-refractivity contribution in [1.29, 1.82) is 0 Å². The molecule has 6 nitrogen and oxygen atoms in total. The van der Waals surface area contributed by atoms with E-state index in [4.69, 9.17) is 0 Å². The number of carbonyl (C=O) groups is 1. The Labute approximate surface area is 168 Å². The van der Waals surface area contributed by atoms with E-state index in [2.05, 4.69) is 15.2 Å². The fraction of sp³-hybridized carbons (Fsp3) is 0.200. The molecule has 3 heterocycles. The average Bonchev–Trinajstić information content (AvgIpc) is 3.33. The summed E-state index contributed by atoms with van der Waals surface area (Å²) in [4.78, 5) is 19.0. The van der Waals surface area contributed by atoms with Gasteiger partial charge in [-0.3, -0.25) is 4.79 Å². The third kappa shape index (κ3) is 2.89. The van der Waals surface area contributed by atoms with Crippen LogP contribution in [0.3, 0.4) is 0 Å². The molecule has 0 aliphatic carbocycles. The largest absolute Gasteiger partial charge is 0.327 e. The highest BCUT2D eigenvalue weighted by Crippen LogP contribution is 2.34. The lowest BCUT2D eigenvalue weighted by atomic mass is 10.1. The topological polar surface area (TPSA) is 63.9 Å². The van der Waals surface area contributed by atoms with Gasteiger partial charge in [0.1, 0.15) is 17.2 Å². The van der Waals surface area contributed by atoms with E-state index in [1.165, 1.54) is 41.7 Å². The van der Waals surface area contributed by atoms with Crippen LogP contribution in [0.15, 0.2) is 42.5 Å². The molecule has 1 unspecified atom stereocenters. The van der Waals surface area contributed by atoms with Gasteiger partial charge in [0.15, 0.2) is 16.7 Å². The van der Waals surface area contributed by atoms with Gasteiger partial charge in [-0.05, 0) is 43.3 Å². The van der Waals surface area contributed by atoms with Crippen LogP contribution in [0.4, 0.5) is 8.78 Å². The van der Waals surface area contributed by atoms with Crippen molar-refractivity contribution in [3.8, 4) is 10.8 Å². The number of hydrogen-bond acceptors (Lipinski definition) is 5. The fourth-order valence-corrected chi connectivity index (χ4v) is 4.56. The van der Waals surface area contributed by atoms with Gasteiger partial charge < -0.3 is 9.47 Å². The molecule has 0 radical (unpaired) electrons. The number of carbonyl (C=O) groups excluding carboxylic acids is 1. The summed E-state index contributed by atoms with van der Waals surface area (Å²) in [6.45, 7) is 2.82. The normalized spacial score (nSPS) is 16.2. The van der Waals surface area contributed by atoms with Crippen molar-refractivity contribution < 1.29 is 13.6 Å². The Morgan fingerprint density at radius 1 is 1.10 bits per heavy atom. The summed E-state index contributed by atoms with van der Waals surface area (Å²) in [5.41, 5.74) is 0.745. The molecule has 5 rings (SSSR count). The lowest BCUT2D eigenvalue weighted by Crippen LogP contribution is -2.41. The molecular weight excluding hydrogens is 396 g/mol. The van der Waals surface area contributed by atoms with Crippen molar-refractivity contribution in [1.82, 2.24) is 24.6 Å². The first-order valence-corrected chi connectivity index (χ1v) is 9.89. The number of fused-ring (bicyclic) bond motifs is 2. The Balaban J connectivity index is 1.48. The maximum atomic E-state index is 14.0. The van der Waals surface area contributed by atoms with Crippen molar-refractivity contribution in [3.63, 3.8) is 0 Å². The van der Waals surface area contributed by atoms with Crippen LogP contribution in [-0.4, -0.2) is 37.1 Å². The lowest BCUT2D eigenvalue weighted by Gasteiger charge is -2.33. The molecule has 0 saturated heterocycles. The number of hydrogen-bond donors (Lipinski definition) is 0. The van der Waals surface area contributed by atoms with Gasteiger partial charge in [-0.25, -0.2) is 13.8 Å². The van der Waals surface area contributed by atoms with E-state index in [1.54, 1.807) is 11.0 Å². The summed E-state index contributed by atoms with van der Waals surface area (Å²) in [6.07, 6.45) is 0. The van der Waals surface area contributed by atoms with Crippen LogP contribution < -0.4 is 0 Å². The summed E-state index contributed by atoms with van der Waals surface area (Å²) in [7, 11) is 0. The van der Waals surface area contributed by atoms with E-state index in [1.807, 2.05) is 17.6 Å². The van der Waals surface area contributed by atoms with E-state index in [-0.39, 0.29) is 23.6 Å². The molecule has 4 aromatic rings. The number of halogens is 2. The molecule has 2 aromatic carbocycles. The molecule has 1 aliphatic rings. The fourth-order valence-electron chi connectivity index (χ4n) is 3.59. The standard InChI is InChI=1S/C20H15F2N5OS/c1-11-17-24-25-18(19-23-16-14(22)3-2-4-15(16)29-19)27(17)10-9-26(11)20(28)12-5-7-13(21)8-6-12/h2-8,11H,9-10H2,1H3. The zero-order valence-electron chi connectivity index (χ0n) is 15.3. The summed E-state index contributed by atoms with van der Waals surface area (Å²) in [5, 5.41) is 9.14. The second-order valence-electron chi connectivity index (χ2n) is 6.82. The molecule has 0 N–H and O–H groups in total. The quantitative estimate of drug-likeness (QED) is 0.499. The SMILES string of the molecule is CC1c2nnc(-c3nc4c(F)cccc4s3)n2CCN1C(=O)c1ccc(F)cc1. The number of rotatable bonds is 2. The highest BCUT2D eigenvalue weighted by atomic mass is 32.1. The first-order valence-electron chi connectivity index (χ1n) is 9.08. The van der Waals surface area contributed by atoms with Gasteiger partial charge in [0.25, 0.3) is 5.91 Å². The zero-order valence-corrected chi connectivity index (χ0v) is 16.2. The maximum Gasteiger partial charge on any atom is 0.254 e. The van der Waals surface area contributed by atoms with Crippen LogP contribution in [-0.2, 0) is 6.54 Å². The van der Waals surface area contributed by atoms with E-state index >= 15 is 0 Å².